The Morgan fingerprint density at radius 3 is 2.36 bits per heavy atom. The summed E-state index contributed by atoms with van der Waals surface area (Å²) in [4.78, 5) is 38.5. The second-order valence-corrected chi connectivity index (χ2v) is 13.6. The minimum atomic E-state index is -3.96. The number of rotatable bonds is 9. The molecule has 1 N–H and O–H groups in total. The number of thiophene rings is 1. The molecule has 9 nitrogen and oxygen atoms in total. The fourth-order valence-electron chi connectivity index (χ4n) is 4.77. The van der Waals surface area contributed by atoms with E-state index < -0.39 is 34.5 Å². The number of benzene rings is 3. The van der Waals surface area contributed by atoms with Crippen LogP contribution in [-0.4, -0.2) is 50.3 Å². The summed E-state index contributed by atoms with van der Waals surface area (Å²) in [6, 6.07) is 20.3. The number of carbonyl (C=O) groups excluding carboxylic acids is 3. The van der Waals surface area contributed by atoms with Gasteiger partial charge in [-0.1, -0.05) is 77.8 Å². The zero-order chi connectivity index (χ0) is 31.4. The standard InChI is InChI=1S/C31H26Cl2N2O7S2/c1-2-41-31(38)27-26(20-9-4-3-5-10-20)28(33)43-29(27)34-25(36)18-42-30(37)23-16-22(12-13-24(23)32)44(39,40)35-15-14-19-8-6-7-11-21(19)17-35/h3-13,16H,2,14-15,17-18H2,1H3,(H,34,36). The molecule has 44 heavy (non-hydrogen) atoms. The lowest BCUT2D eigenvalue weighted by molar-refractivity contribution is -0.119. The molecule has 0 saturated heterocycles. The van der Waals surface area contributed by atoms with Crippen molar-refractivity contribution in [3.63, 3.8) is 0 Å². The lowest BCUT2D eigenvalue weighted by atomic mass is 10.0. The number of fused-ring (bicyclic) bond motifs is 1. The normalized spacial score (nSPS) is 13.2. The monoisotopic (exact) mass is 672 g/mol. The van der Waals surface area contributed by atoms with Gasteiger partial charge in [-0.05, 0) is 48.2 Å². The first-order valence-corrected chi connectivity index (χ1v) is 16.5. The van der Waals surface area contributed by atoms with E-state index in [0.717, 1.165) is 28.5 Å². The molecule has 1 aromatic heterocycles. The summed E-state index contributed by atoms with van der Waals surface area (Å²) in [5.74, 6) is -2.43. The minimum Gasteiger partial charge on any atom is -0.462 e. The predicted molar refractivity (Wildman–Crippen MR) is 169 cm³/mol. The van der Waals surface area contributed by atoms with Gasteiger partial charge in [0.05, 0.1) is 22.1 Å². The molecule has 0 atom stereocenters. The van der Waals surface area contributed by atoms with Gasteiger partial charge in [0.15, 0.2) is 6.61 Å². The average Bonchev–Trinajstić information content (AvgIpc) is 3.35. The quantitative estimate of drug-likeness (QED) is 0.203. The van der Waals surface area contributed by atoms with Gasteiger partial charge in [0, 0.05) is 18.7 Å². The van der Waals surface area contributed by atoms with Crippen LogP contribution < -0.4 is 5.32 Å². The lowest BCUT2D eigenvalue weighted by Gasteiger charge is -2.28. The van der Waals surface area contributed by atoms with E-state index in [4.69, 9.17) is 32.7 Å². The van der Waals surface area contributed by atoms with Gasteiger partial charge in [0.1, 0.15) is 14.9 Å². The molecule has 2 heterocycles. The van der Waals surface area contributed by atoms with Crippen LogP contribution in [0.5, 0.6) is 0 Å². The topological polar surface area (TPSA) is 119 Å². The number of halogens is 2. The zero-order valence-electron chi connectivity index (χ0n) is 23.3. The van der Waals surface area contributed by atoms with E-state index in [0.29, 0.717) is 17.5 Å². The molecule has 228 valence electrons. The van der Waals surface area contributed by atoms with Crippen LogP contribution in [0.2, 0.25) is 9.36 Å². The van der Waals surface area contributed by atoms with Crippen molar-refractivity contribution in [1.29, 1.82) is 0 Å². The van der Waals surface area contributed by atoms with Gasteiger partial charge in [-0.25, -0.2) is 18.0 Å². The first kappa shape index (κ1) is 31.7. The summed E-state index contributed by atoms with van der Waals surface area (Å²) in [6.45, 7) is 1.50. The van der Waals surface area contributed by atoms with Gasteiger partial charge in [0.25, 0.3) is 5.91 Å². The highest BCUT2D eigenvalue weighted by atomic mass is 35.5. The van der Waals surface area contributed by atoms with Crippen LogP contribution in [-0.2, 0) is 37.3 Å². The number of nitrogens with one attached hydrogen (secondary N) is 1. The maximum absolute atomic E-state index is 13.4. The summed E-state index contributed by atoms with van der Waals surface area (Å²) in [5.41, 5.74) is 2.93. The van der Waals surface area contributed by atoms with Gasteiger partial charge < -0.3 is 14.8 Å². The molecule has 5 rings (SSSR count). The number of nitrogens with zero attached hydrogens (tertiary/aromatic N) is 1. The maximum atomic E-state index is 13.4. The van der Waals surface area contributed by atoms with Crippen molar-refractivity contribution in [3.05, 3.63) is 104 Å². The van der Waals surface area contributed by atoms with E-state index in [1.807, 2.05) is 30.3 Å². The summed E-state index contributed by atoms with van der Waals surface area (Å²) >= 11 is 13.7. The van der Waals surface area contributed by atoms with E-state index in [1.54, 1.807) is 31.2 Å². The molecule has 1 amide bonds. The second-order valence-electron chi connectivity index (χ2n) is 9.66. The molecule has 0 saturated carbocycles. The molecule has 0 bridgehead atoms. The number of hydrogen-bond acceptors (Lipinski definition) is 8. The van der Waals surface area contributed by atoms with Gasteiger partial charge in [0.2, 0.25) is 10.0 Å². The average molecular weight is 674 g/mol. The third-order valence-electron chi connectivity index (χ3n) is 6.89. The van der Waals surface area contributed by atoms with Crippen LogP contribution in [0.15, 0.2) is 77.7 Å². The molecule has 1 aliphatic heterocycles. The lowest BCUT2D eigenvalue weighted by Crippen LogP contribution is -2.36. The number of hydrogen-bond donors (Lipinski definition) is 1. The molecule has 0 spiro atoms. The van der Waals surface area contributed by atoms with E-state index >= 15 is 0 Å². The maximum Gasteiger partial charge on any atom is 0.341 e. The van der Waals surface area contributed by atoms with Crippen LogP contribution in [0.1, 0.15) is 38.8 Å². The van der Waals surface area contributed by atoms with Crippen LogP contribution in [0.3, 0.4) is 0 Å². The molecule has 0 unspecified atom stereocenters. The van der Waals surface area contributed by atoms with E-state index in [2.05, 4.69) is 5.32 Å². The highest BCUT2D eigenvalue weighted by molar-refractivity contribution is 7.89. The van der Waals surface area contributed by atoms with Crippen LogP contribution in [0, 0.1) is 0 Å². The van der Waals surface area contributed by atoms with Crippen LogP contribution >= 0.6 is 34.5 Å². The Kier molecular flexibility index (Phi) is 9.72. The number of esters is 2. The van der Waals surface area contributed by atoms with Crippen molar-refractivity contribution in [2.24, 2.45) is 0 Å². The van der Waals surface area contributed by atoms with Gasteiger partial charge in [-0.3, -0.25) is 4.79 Å². The Morgan fingerprint density at radius 1 is 0.932 bits per heavy atom. The van der Waals surface area contributed by atoms with Crippen molar-refractivity contribution in [3.8, 4) is 11.1 Å². The molecule has 4 aromatic rings. The number of ether oxygens (including phenoxy) is 2. The largest absolute Gasteiger partial charge is 0.462 e. The van der Waals surface area contributed by atoms with Crippen molar-refractivity contribution in [1.82, 2.24) is 4.31 Å². The molecule has 0 radical (unpaired) electrons. The third-order valence-corrected chi connectivity index (χ3v) is 10.4. The van der Waals surface area contributed by atoms with E-state index in [-0.39, 0.29) is 50.1 Å². The van der Waals surface area contributed by atoms with Crippen molar-refractivity contribution in [2.45, 2.75) is 24.8 Å². The SMILES string of the molecule is CCOC(=O)c1c(NC(=O)COC(=O)c2cc(S(=O)(=O)N3CCc4ccccc4C3)ccc2Cl)sc(Cl)c1-c1ccccc1. The molecule has 0 fully saturated rings. The summed E-state index contributed by atoms with van der Waals surface area (Å²) in [6.07, 6.45) is 0.563. The first-order valence-electron chi connectivity index (χ1n) is 13.5. The van der Waals surface area contributed by atoms with Gasteiger partial charge >= 0.3 is 11.9 Å². The third kappa shape index (κ3) is 6.67. The highest BCUT2D eigenvalue weighted by Crippen LogP contribution is 2.44. The van der Waals surface area contributed by atoms with Gasteiger partial charge in [-0.15, -0.1) is 11.3 Å². The van der Waals surface area contributed by atoms with Crippen LogP contribution in [0.25, 0.3) is 11.1 Å². The van der Waals surface area contributed by atoms with Crippen molar-refractivity contribution >= 4 is 67.4 Å². The Hall–Kier alpha value is -3.74. The first-order chi connectivity index (χ1) is 21.1. The van der Waals surface area contributed by atoms with Crippen molar-refractivity contribution < 1.29 is 32.3 Å². The summed E-state index contributed by atoms with van der Waals surface area (Å²) < 4.78 is 38.9. The molecule has 1 aliphatic rings. The van der Waals surface area contributed by atoms with Crippen molar-refractivity contribution in [2.75, 3.05) is 25.1 Å². The zero-order valence-corrected chi connectivity index (χ0v) is 26.5. The fraction of sp³-hybridized carbons (Fsp3) is 0.194. The Labute approximate surface area is 268 Å². The summed E-state index contributed by atoms with van der Waals surface area (Å²) in [5, 5.41) is 2.66. The van der Waals surface area contributed by atoms with E-state index in [1.165, 1.54) is 16.4 Å². The molecule has 13 heteroatoms. The predicted octanol–water partition coefficient (Wildman–Crippen LogP) is 6.44. The Morgan fingerprint density at radius 2 is 1.64 bits per heavy atom. The Bertz CT molecular complexity index is 1840. The molecule has 0 aliphatic carbocycles. The molecular weight excluding hydrogens is 647 g/mol. The summed E-state index contributed by atoms with van der Waals surface area (Å²) in [7, 11) is -3.96. The van der Waals surface area contributed by atoms with Crippen LogP contribution in [0.4, 0.5) is 5.00 Å². The Balaban J connectivity index is 1.30. The van der Waals surface area contributed by atoms with Gasteiger partial charge in [-0.2, -0.15) is 4.31 Å². The molecule has 3 aromatic carbocycles. The molecular formula is C31H26Cl2N2O7S2. The number of amides is 1. The fourth-order valence-corrected chi connectivity index (χ4v) is 7.80. The second kappa shape index (κ2) is 13.5. The highest BCUT2D eigenvalue weighted by Gasteiger charge is 2.30. The van der Waals surface area contributed by atoms with E-state index in [9.17, 15) is 22.8 Å². The number of sulfonamides is 1. The number of anilines is 1. The number of carbonyl (C=O) groups is 3. The smallest absolute Gasteiger partial charge is 0.341 e. The minimum absolute atomic E-state index is 0.0412.